The van der Waals surface area contributed by atoms with Crippen molar-refractivity contribution in [3.05, 3.63) is 71.8 Å². The van der Waals surface area contributed by atoms with E-state index in [1.165, 1.54) is 5.56 Å². The molecular weight excluding hydrogens is 300 g/mol. The molecule has 0 aliphatic carbocycles. The summed E-state index contributed by atoms with van der Waals surface area (Å²) in [5, 5.41) is 11.6. The van der Waals surface area contributed by atoms with E-state index < -0.39 is 0 Å². The van der Waals surface area contributed by atoms with Crippen LogP contribution in [0, 0.1) is 0 Å². The second-order valence-corrected chi connectivity index (χ2v) is 5.91. The Bertz CT molecular complexity index is 868. The molecule has 122 valence electrons. The van der Waals surface area contributed by atoms with Crippen LogP contribution < -0.4 is 4.74 Å². The van der Waals surface area contributed by atoms with Crippen molar-refractivity contribution in [3.8, 4) is 11.5 Å². The van der Waals surface area contributed by atoms with Crippen molar-refractivity contribution in [3.63, 3.8) is 0 Å². The number of hydrogen-bond acceptors (Lipinski definition) is 3. The second-order valence-electron chi connectivity index (χ2n) is 5.91. The molecule has 3 heteroatoms. The number of benzene rings is 3. The van der Waals surface area contributed by atoms with Gasteiger partial charge < -0.3 is 9.84 Å². The van der Waals surface area contributed by atoms with E-state index in [0.717, 1.165) is 29.2 Å². The molecule has 1 N–H and O–H groups in total. The molecule has 0 aliphatic heterocycles. The predicted molar refractivity (Wildman–Crippen MR) is 95.4 cm³/mol. The fraction of sp³-hybridized carbons (Fsp3) is 0.190. The van der Waals surface area contributed by atoms with Gasteiger partial charge in [0.25, 0.3) is 0 Å². The Kier molecular flexibility index (Phi) is 4.80. The first-order chi connectivity index (χ1) is 11.6. The first-order valence-corrected chi connectivity index (χ1v) is 8.15. The smallest absolute Gasteiger partial charge is 0.311 e. The molecule has 3 aromatic carbocycles. The van der Waals surface area contributed by atoms with Crippen LogP contribution in [0.3, 0.4) is 0 Å². The summed E-state index contributed by atoms with van der Waals surface area (Å²) in [6.07, 6.45) is 1.98. The number of carbonyl (C=O) groups is 1. The van der Waals surface area contributed by atoms with E-state index in [4.69, 9.17) is 4.74 Å². The van der Waals surface area contributed by atoms with Crippen molar-refractivity contribution in [1.82, 2.24) is 0 Å². The minimum atomic E-state index is -0.194. The largest absolute Gasteiger partial charge is 0.508 e. The normalized spacial score (nSPS) is 10.7. The maximum atomic E-state index is 11.6. The molecule has 0 bridgehead atoms. The molecule has 0 radical (unpaired) electrons. The Hall–Kier alpha value is -2.81. The third-order valence-corrected chi connectivity index (χ3v) is 3.88. The highest BCUT2D eigenvalue weighted by molar-refractivity contribution is 5.84. The summed E-state index contributed by atoms with van der Waals surface area (Å²) < 4.78 is 5.35. The van der Waals surface area contributed by atoms with Crippen LogP contribution in [0.25, 0.3) is 10.8 Å². The van der Waals surface area contributed by atoms with E-state index >= 15 is 0 Å². The second kappa shape index (κ2) is 7.18. The Morgan fingerprint density at radius 3 is 2.54 bits per heavy atom. The Morgan fingerprint density at radius 1 is 0.958 bits per heavy atom. The van der Waals surface area contributed by atoms with Gasteiger partial charge in [0, 0.05) is 6.42 Å². The van der Waals surface area contributed by atoms with Gasteiger partial charge in [0.1, 0.15) is 11.5 Å². The van der Waals surface area contributed by atoms with Gasteiger partial charge in [-0.05, 0) is 59.0 Å². The number of phenolic OH excluding ortho intramolecular Hbond substituents is 1. The van der Waals surface area contributed by atoms with Crippen molar-refractivity contribution in [2.24, 2.45) is 0 Å². The molecule has 24 heavy (non-hydrogen) atoms. The monoisotopic (exact) mass is 320 g/mol. The lowest BCUT2D eigenvalue weighted by atomic mass is 10.0. The number of phenols is 1. The molecular formula is C21H20O3. The fourth-order valence-electron chi connectivity index (χ4n) is 2.73. The number of esters is 1. The van der Waals surface area contributed by atoms with Gasteiger partial charge in [-0.25, -0.2) is 0 Å². The zero-order chi connectivity index (χ0) is 16.9. The molecule has 0 saturated carbocycles. The SMILES string of the molecule is CCCC(=O)Oc1cccc(Cc2ccc3cc(O)ccc3c2)c1. The van der Waals surface area contributed by atoms with Crippen LogP contribution in [0.5, 0.6) is 11.5 Å². The van der Waals surface area contributed by atoms with E-state index in [9.17, 15) is 9.90 Å². The van der Waals surface area contributed by atoms with Crippen LogP contribution in [-0.4, -0.2) is 11.1 Å². The molecule has 0 fully saturated rings. The van der Waals surface area contributed by atoms with Crippen LogP contribution in [-0.2, 0) is 11.2 Å². The molecule has 0 heterocycles. The lowest BCUT2D eigenvalue weighted by Crippen LogP contribution is -2.07. The number of fused-ring (bicyclic) bond motifs is 1. The zero-order valence-corrected chi connectivity index (χ0v) is 13.7. The average molecular weight is 320 g/mol. The van der Waals surface area contributed by atoms with Gasteiger partial charge in [0.15, 0.2) is 0 Å². The first-order valence-electron chi connectivity index (χ1n) is 8.15. The number of carbonyl (C=O) groups excluding carboxylic acids is 1. The summed E-state index contributed by atoms with van der Waals surface area (Å²) in [5.74, 6) is 0.675. The van der Waals surface area contributed by atoms with E-state index in [0.29, 0.717) is 12.2 Å². The van der Waals surface area contributed by atoms with Crippen LogP contribution in [0.4, 0.5) is 0 Å². The van der Waals surface area contributed by atoms with Crippen molar-refractivity contribution in [1.29, 1.82) is 0 Å². The quantitative estimate of drug-likeness (QED) is 0.540. The molecule has 0 unspecified atom stereocenters. The van der Waals surface area contributed by atoms with E-state index in [2.05, 4.69) is 12.1 Å². The fourth-order valence-corrected chi connectivity index (χ4v) is 2.73. The Balaban J connectivity index is 1.78. The van der Waals surface area contributed by atoms with Crippen LogP contribution in [0.15, 0.2) is 60.7 Å². The van der Waals surface area contributed by atoms with Gasteiger partial charge in [-0.15, -0.1) is 0 Å². The highest BCUT2D eigenvalue weighted by atomic mass is 16.5. The van der Waals surface area contributed by atoms with Crippen molar-refractivity contribution < 1.29 is 14.6 Å². The summed E-state index contributed by atoms with van der Waals surface area (Å²) in [7, 11) is 0. The summed E-state index contributed by atoms with van der Waals surface area (Å²) in [5.41, 5.74) is 2.26. The van der Waals surface area contributed by atoms with Crippen molar-refractivity contribution >= 4 is 16.7 Å². The highest BCUT2D eigenvalue weighted by Crippen LogP contribution is 2.23. The summed E-state index contributed by atoms with van der Waals surface area (Å²) in [6.45, 7) is 1.96. The number of hydrogen-bond donors (Lipinski definition) is 1. The molecule has 0 spiro atoms. The van der Waals surface area contributed by atoms with Crippen molar-refractivity contribution in [2.45, 2.75) is 26.2 Å². The molecule has 3 nitrogen and oxygen atoms in total. The first kappa shape index (κ1) is 16.1. The average Bonchev–Trinajstić information content (AvgIpc) is 2.55. The maximum absolute atomic E-state index is 11.6. The number of aromatic hydroxyl groups is 1. The summed E-state index contributed by atoms with van der Waals surface area (Å²) in [4.78, 5) is 11.6. The number of ether oxygens (including phenoxy) is 1. The molecule has 0 saturated heterocycles. The summed E-state index contributed by atoms with van der Waals surface area (Å²) >= 11 is 0. The Labute approximate surface area is 141 Å². The lowest BCUT2D eigenvalue weighted by molar-refractivity contribution is -0.134. The van der Waals surface area contributed by atoms with E-state index in [1.54, 1.807) is 18.2 Å². The van der Waals surface area contributed by atoms with Gasteiger partial charge in [-0.2, -0.15) is 0 Å². The molecule has 3 aromatic rings. The minimum Gasteiger partial charge on any atom is -0.508 e. The van der Waals surface area contributed by atoms with E-state index in [-0.39, 0.29) is 11.7 Å². The zero-order valence-electron chi connectivity index (χ0n) is 13.7. The van der Waals surface area contributed by atoms with Crippen LogP contribution in [0.1, 0.15) is 30.9 Å². The predicted octanol–water partition coefficient (Wildman–Crippen LogP) is 4.84. The molecule has 0 amide bonds. The number of rotatable bonds is 5. The topological polar surface area (TPSA) is 46.5 Å². The Morgan fingerprint density at radius 2 is 1.71 bits per heavy atom. The van der Waals surface area contributed by atoms with Gasteiger partial charge in [0.05, 0.1) is 0 Å². The molecule has 3 rings (SSSR count). The van der Waals surface area contributed by atoms with Gasteiger partial charge >= 0.3 is 5.97 Å². The van der Waals surface area contributed by atoms with Gasteiger partial charge in [-0.3, -0.25) is 4.79 Å². The standard InChI is InChI=1S/C21H20O3/c1-2-4-21(23)24-20-6-3-5-15(13-20)11-16-7-8-18-14-19(22)10-9-17(18)12-16/h3,5-10,12-14,22H,2,4,11H2,1H3. The minimum absolute atomic E-state index is 0.194. The molecule has 0 atom stereocenters. The van der Waals surface area contributed by atoms with Crippen molar-refractivity contribution in [2.75, 3.05) is 0 Å². The maximum Gasteiger partial charge on any atom is 0.311 e. The molecule has 0 aliphatic rings. The lowest BCUT2D eigenvalue weighted by Gasteiger charge is -2.08. The third kappa shape index (κ3) is 3.93. The van der Waals surface area contributed by atoms with Gasteiger partial charge in [0.2, 0.25) is 0 Å². The highest BCUT2D eigenvalue weighted by Gasteiger charge is 2.05. The van der Waals surface area contributed by atoms with E-state index in [1.807, 2.05) is 37.3 Å². The summed E-state index contributed by atoms with van der Waals surface area (Å²) in [6, 6.07) is 19.2. The van der Waals surface area contributed by atoms with Crippen LogP contribution in [0.2, 0.25) is 0 Å². The van der Waals surface area contributed by atoms with Gasteiger partial charge in [-0.1, -0.05) is 43.3 Å². The third-order valence-electron chi connectivity index (χ3n) is 3.88. The van der Waals surface area contributed by atoms with Crippen LogP contribution >= 0.6 is 0 Å². The molecule has 0 aromatic heterocycles.